The summed E-state index contributed by atoms with van der Waals surface area (Å²) >= 11 is 0. The number of morpholine rings is 1. The third-order valence-electron chi connectivity index (χ3n) is 6.09. The van der Waals surface area contributed by atoms with Crippen molar-refractivity contribution < 1.29 is 14.1 Å². The normalized spacial score (nSPS) is 16.6. The molecule has 1 fully saturated rings. The molecule has 0 spiro atoms. The monoisotopic (exact) mass is 430 g/mol. The van der Waals surface area contributed by atoms with Crippen molar-refractivity contribution >= 4 is 16.8 Å². The molecule has 1 amide bonds. The summed E-state index contributed by atoms with van der Waals surface area (Å²) in [6, 6.07) is 18.3. The molecule has 7 nitrogen and oxygen atoms in total. The minimum atomic E-state index is -0.410. The zero-order valence-corrected chi connectivity index (χ0v) is 18.3. The lowest BCUT2D eigenvalue weighted by Gasteiger charge is -2.31. The number of para-hydroxylation sites is 1. The Kier molecular flexibility index (Phi) is 5.49. The van der Waals surface area contributed by atoms with Crippen LogP contribution in [0.1, 0.15) is 29.7 Å². The first-order valence-corrected chi connectivity index (χ1v) is 10.9. The molecule has 1 saturated heterocycles. The third-order valence-corrected chi connectivity index (χ3v) is 6.09. The van der Waals surface area contributed by atoms with E-state index in [9.17, 15) is 4.79 Å². The van der Waals surface area contributed by atoms with Crippen LogP contribution in [0.25, 0.3) is 22.3 Å². The van der Waals surface area contributed by atoms with E-state index in [0.29, 0.717) is 44.4 Å². The second-order valence-electron chi connectivity index (χ2n) is 8.22. The lowest BCUT2D eigenvalue weighted by atomic mass is 10.1. The van der Waals surface area contributed by atoms with Crippen LogP contribution < -0.4 is 0 Å². The fourth-order valence-electron chi connectivity index (χ4n) is 4.34. The van der Waals surface area contributed by atoms with Gasteiger partial charge in [0.1, 0.15) is 0 Å². The summed E-state index contributed by atoms with van der Waals surface area (Å²) in [5, 5.41) is 5.33. The standard InChI is InChI=1S/C25H26N4O3/c1-17-7-3-5-9-20(17)24-26-25(32-27-24)22-16-28(13-14-31-22)23(30)11-12-29-18(2)15-19-8-4-6-10-21(19)29/h3-10,15,22H,11-14,16H2,1-2H3/t22-/m1/s1. The first-order chi connectivity index (χ1) is 15.6. The highest BCUT2D eigenvalue weighted by Gasteiger charge is 2.29. The number of ether oxygens (including phenoxy) is 1. The lowest BCUT2D eigenvalue weighted by molar-refractivity contribution is -0.140. The van der Waals surface area contributed by atoms with Crippen molar-refractivity contribution in [3.63, 3.8) is 0 Å². The Hall–Kier alpha value is -3.45. The van der Waals surface area contributed by atoms with Crippen molar-refractivity contribution in [2.24, 2.45) is 0 Å². The molecule has 3 heterocycles. The molecule has 5 rings (SSSR count). The molecular formula is C25H26N4O3. The highest BCUT2D eigenvalue weighted by atomic mass is 16.5. The maximum Gasteiger partial charge on any atom is 0.257 e. The lowest BCUT2D eigenvalue weighted by Crippen LogP contribution is -2.42. The number of aromatic nitrogens is 3. The van der Waals surface area contributed by atoms with Crippen molar-refractivity contribution in [1.82, 2.24) is 19.6 Å². The molecule has 4 aromatic rings. The molecule has 0 bridgehead atoms. The summed E-state index contributed by atoms with van der Waals surface area (Å²) in [7, 11) is 0. The second-order valence-corrected chi connectivity index (χ2v) is 8.22. The number of nitrogens with zero attached hydrogens (tertiary/aromatic N) is 4. The summed E-state index contributed by atoms with van der Waals surface area (Å²) in [4.78, 5) is 19.4. The largest absolute Gasteiger partial charge is 0.365 e. The molecule has 0 unspecified atom stereocenters. The Morgan fingerprint density at radius 2 is 1.94 bits per heavy atom. The van der Waals surface area contributed by atoms with Crippen LogP contribution in [0, 0.1) is 13.8 Å². The zero-order chi connectivity index (χ0) is 22.1. The number of benzene rings is 2. The van der Waals surface area contributed by atoms with Gasteiger partial charge < -0.3 is 18.7 Å². The Morgan fingerprint density at radius 1 is 1.12 bits per heavy atom. The molecule has 32 heavy (non-hydrogen) atoms. The van der Waals surface area contributed by atoms with Crippen molar-refractivity contribution in [1.29, 1.82) is 0 Å². The van der Waals surface area contributed by atoms with E-state index in [4.69, 9.17) is 9.26 Å². The van der Waals surface area contributed by atoms with Crippen molar-refractivity contribution in [3.8, 4) is 11.4 Å². The number of hydrogen-bond donors (Lipinski definition) is 0. The number of rotatable bonds is 5. The average molecular weight is 431 g/mol. The maximum atomic E-state index is 13.0. The smallest absolute Gasteiger partial charge is 0.257 e. The van der Waals surface area contributed by atoms with Gasteiger partial charge in [0.2, 0.25) is 11.7 Å². The van der Waals surface area contributed by atoms with E-state index in [1.165, 1.54) is 5.39 Å². The number of carbonyl (C=O) groups excluding carboxylic acids is 1. The van der Waals surface area contributed by atoms with Gasteiger partial charge in [-0.2, -0.15) is 4.98 Å². The molecule has 1 aliphatic heterocycles. The number of carbonyl (C=O) groups is 1. The van der Waals surface area contributed by atoms with Gasteiger partial charge in [0.25, 0.3) is 5.89 Å². The molecule has 7 heteroatoms. The minimum Gasteiger partial charge on any atom is -0.365 e. The maximum absolute atomic E-state index is 13.0. The number of hydrogen-bond acceptors (Lipinski definition) is 5. The second kappa shape index (κ2) is 8.59. The van der Waals surface area contributed by atoms with Gasteiger partial charge >= 0.3 is 0 Å². The summed E-state index contributed by atoms with van der Waals surface area (Å²) in [5.74, 6) is 1.06. The fourth-order valence-corrected chi connectivity index (χ4v) is 4.34. The summed E-state index contributed by atoms with van der Waals surface area (Å²) < 4.78 is 13.6. The van der Waals surface area contributed by atoms with E-state index in [-0.39, 0.29) is 5.91 Å². The predicted octanol–water partition coefficient (Wildman–Crippen LogP) is 4.30. The van der Waals surface area contributed by atoms with Gasteiger partial charge in [0.05, 0.1) is 13.2 Å². The van der Waals surface area contributed by atoms with Crippen LogP contribution in [0.15, 0.2) is 59.1 Å². The van der Waals surface area contributed by atoms with Gasteiger partial charge in [-0.1, -0.05) is 47.6 Å². The average Bonchev–Trinajstić information content (AvgIpc) is 3.42. The molecule has 2 aromatic carbocycles. The van der Waals surface area contributed by atoms with Crippen LogP contribution in [-0.2, 0) is 16.1 Å². The first-order valence-electron chi connectivity index (χ1n) is 10.9. The Labute approximate surface area is 186 Å². The molecular weight excluding hydrogens is 404 g/mol. The van der Waals surface area contributed by atoms with E-state index in [1.54, 1.807) is 0 Å². The molecule has 0 N–H and O–H groups in total. The summed E-state index contributed by atoms with van der Waals surface area (Å²) in [6.45, 7) is 6.18. The molecule has 0 radical (unpaired) electrons. The van der Waals surface area contributed by atoms with Crippen LogP contribution in [0.2, 0.25) is 0 Å². The molecule has 0 aliphatic carbocycles. The topological polar surface area (TPSA) is 73.4 Å². The molecule has 1 aliphatic rings. The molecule has 0 saturated carbocycles. The Bertz CT molecular complexity index is 1260. The van der Waals surface area contributed by atoms with E-state index in [0.717, 1.165) is 22.3 Å². The first kappa shape index (κ1) is 20.5. The predicted molar refractivity (Wildman–Crippen MR) is 121 cm³/mol. The molecule has 1 atom stereocenters. The molecule has 2 aromatic heterocycles. The number of fused-ring (bicyclic) bond motifs is 1. The Balaban J connectivity index is 1.25. The van der Waals surface area contributed by atoms with Gasteiger partial charge in [0.15, 0.2) is 6.10 Å². The van der Waals surface area contributed by atoms with Crippen LogP contribution in [-0.4, -0.2) is 45.2 Å². The summed E-state index contributed by atoms with van der Waals surface area (Å²) in [6.07, 6.45) is 0.0250. The van der Waals surface area contributed by atoms with Crippen molar-refractivity contribution in [3.05, 3.63) is 71.7 Å². The molecule has 164 valence electrons. The zero-order valence-electron chi connectivity index (χ0n) is 18.3. The number of amides is 1. The number of aryl methyl sites for hydroxylation is 3. The van der Waals surface area contributed by atoms with Crippen molar-refractivity contribution in [2.45, 2.75) is 32.9 Å². The van der Waals surface area contributed by atoms with Crippen LogP contribution in [0.4, 0.5) is 0 Å². The van der Waals surface area contributed by atoms with Gasteiger partial charge in [-0.25, -0.2) is 0 Å². The third kappa shape index (κ3) is 3.91. The SMILES string of the molecule is Cc1ccccc1-c1noc([C@H]2CN(C(=O)CCn3c(C)cc4ccccc43)CCO2)n1. The van der Waals surface area contributed by atoms with E-state index < -0.39 is 6.10 Å². The minimum absolute atomic E-state index is 0.106. The highest BCUT2D eigenvalue weighted by Crippen LogP contribution is 2.26. The van der Waals surface area contributed by atoms with Crippen LogP contribution in [0.5, 0.6) is 0 Å². The Morgan fingerprint density at radius 3 is 2.81 bits per heavy atom. The van der Waals surface area contributed by atoms with Gasteiger partial charge in [-0.15, -0.1) is 0 Å². The van der Waals surface area contributed by atoms with Crippen LogP contribution >= 0.6 is 0 Å². The van der Waals surface area contributed by atoms with E-state index >= 15 is 0 Å². The van der Waals surface area contributed by atoms with Gasteiger partial charge in [0, 0.05) is 36.3 Å². The quantitative estimate of drug-likeness (QED) is 0.472. The highest BCUT2D eigenvalue weighted by molar-refractivity contribution is 5.82. The van der Waals surface area contributed by atoms with Crippen molar-refractivity contribution in [2.75, 3.05) is 19.7 Å². The van der Waals surface area contributed by atoms with E-state index in [1.807, 2.05) is 48.2 Å². The van der Waals surface area contributed by atoms with E-state index in [2.05, 4.69) is 39.8 Å². The summed E-state index contributed by atoms with van der Waals surface area (Å²) in [5.41, 5.74) is 4.33. The fraction of sp³-hybridized carbons (Fsp3) is 0.320. The van der Waals surface area contributed by atoms with Gasteiger partial charge in [-0.3, -0.25) is 4.79 Å². The van der Waals surface area contributed by atoms with Gasteiger partial charge in [-0.05, 0) is 36.9 Å². The van der Waals surface area contributed by atoms with Crippen LogP contribution in [0.3, 0.4) is 0 Å².